The van der Waals surface area contributed by atoms with Gasteiger partial charge in [0.2, 0.25) is 0 Å². The molecule has 0 amide bonds. The number of hydrogen-bond donors (Lipinski definition) is 2. The average molecular weight is 209 g/mol. The summed E-state index contributed by atoms with van der Waals surface area (Å²) in [5, 5.41) is 3.34. The van der Waals surface area contributed by atoms with Gasteiger partial charge in [-0.2, -0.15) is 0 Å². The Morgan fingerprint density at radius 1 is 1.47 bits per heavy atom. The summed E-state index contributed by atoms with van der Waals surface area (Å²) in [7, 11) is 0. The van der Waals surface area contributed by atoms with Crippen LogP contribution in [0.1, 0.15) is 39.5 Å². The predicted octanol–water partition coefficient (Wildman–Crippen LogP) is 1.74. The van der Waals surface area contributed by atoms with Gasteiger partial charge in [-0.25, -0.2) is 0 Å². The molecule has 3 heteroatoms. The normalized spacial score (nSPS) is 31.5. The first-order valence-corrected chi connectivity index (χ1v) is 6.23. The van der Waals surface area contributed by atoms with Crippen LogP contribution < -0.4 is 11.1 Å². The van der Waals surface area contributed by atoms with Crippen molar-refractivity contribution in [3.63, 3.8) is 0 Å². The molecule has 0 aromatic carbocycles. The summed E-state index contributed by atoms with van der Waals surface area (Å²) in [4.78, 5) is 4.32. The smallest absolute Gasteiger partial charge is 0.188 e. The van der Waals surface area contributed by atoms with E-state index in [0.29, 0.717) is 17.9 Å². The lowest BCUT2D eigenvalue weighted by molar-refractivity contribution is 0.271. The van der Waals surface area contributed by atoms with Gasteiger partial charge in [-0.1, -0.05) is 33.1 Å². The van der Waals surface area contributed by atoms with Gasteiger partial charge in [0.05, 0.1) is 0 Å². The molecule has 2 rings (SSSR count). The molecule has 0 heterocycles. The molecule has 2 aliphatic rings. The van der Waals surface area contributed by atoms with E-state index in [1.165, 1.54) is 25.7 Å². The summed E-state index contributed by atoms with van der Waals surface area (Å²) in [6.07, 6.45) is 5.62. The van der Waals surface area contributed by atoms with Crippen molar-refractivity contribution in [1.82, 2.24) is 5.32 Å². The van der Waals surface area contributed by atoms with Crippen molar-refractivity contribution in [2.75, 3.05) is 6.54 Å². The summed E-state index contributed by atoms with van der Waals surface area (Å²) < 4.78 is 0. The molecular formula is C12H23N3. The first kappa shape index (κ1) is 10.8. The fraction of sp³-hybridized carbons (Fsp3) is 0.917. The van der Waals surface area contributed by atoms with Crippen molar-refractivity contribution in [3.8, 4) is 0 Å². The van der Waals surface area contributed by atoms with Crippen molar-refractivity contribution in [3.05, 3.63) is 0 Å². The summed E-state index contributed by atoms with van der Waals surface area (Å²) in [6, 6.07) is 0.631. The second-order valence-electron chi connectivity index (χ2n) is 5.46. The molecule has 0 spiro atoms. The van der Waals surface area contributed by atoms with Gasteiger partial charge in [0.1, 0.15) is 0 Å². The molecule has 0 aromatic rings. The van der Waals surface area contributed by atoms with Crippen LogP contribution in [0.5, 0.6) is 0 Å². The van der Waals surface area contributed by atoms with Gasteiger partial charge in [0, 0.05) is 12.6 Å². The Morgan fingerprint density at radius 3 is 2.73 bits per heavy atom. The second-order valence-corrected chi connectivity index (χ2v) is 5.46. The number of hydrogen-bond acceptors (Lipinski definition) is 1. The quantitative estimate of drug-likeness (QED) is 0.547. The molecule has 2 fully saturated rings. The Labute approximate surface area is 92.5 Å². The first-order chi connectivity index (χ1) is 7.16. The third kappa shape index (κ3) is 2.86. The highest BCUT2D eigenvalue weighted by Gasteiger charge is 2.45. The summed E-state index contributed by atoms with van der Waals surface area (Å²) in [6.45, 7) is 5.15. The number of rotatable bonds is 4. The first-order valence-electron chi connectivity index (χ1n) is 6.23. The standard InChI is InChI=1S/C12H23N3/c1-8(2)7-14-12(13)15-11-6-10(11)9-4-3-5-9/h8-11H,3-7H2,1-2H3,(H3,13,14,15)/t10-,11+/m0/s1. The molecular weight excluding hydrogens is 186 g/mol. The van der Waals surface area contributed by atoms with E-state index in [-0.39, 0.29) is 0 Å². The van der Waals surface area contributed by atoms with Crippen molar-refractivity contribution in [1.29, 1.82) is 0 Å². The lowest BCUT2D eigenvalue weighted by Crippen LogP contribution is -2.35. The maximum Gasteiger partial charge on any atom is 0.188 e. The number of guanidine groups is 1. The molecule has 2 aliphatic carbocycles. The molecule has 0 saturated heterocycles. The Morgan fingerprint density at radius 2 is 2.20 bits per heavy atom. The van der Waals surface area contributed by atoms with Crippen LogP contribution in [0, 0.1) is 17.8 Å². The third-order valence-corrected chi connectivity index (χ3v) is 3.56. The molecule has 0 unspecified atom stereocenters. The molecule has 0 radical (unpaired) electrons. The van der Waals surface area contributed by atoms with Crippen molar-refractivity contribution < 1.29 is 0 Å². The maximum absolute atomic E-state index is 5.82. The zero-order chi connectivity index (χ0) is 10.8. The van der Waals surface area contributed by atoms with E-state index in [2.05, 4.69) is 24.2 Å². The molecule has 0 bridgehead atoms. The number of nitrogens with one attached hydrogen (secondary N) is 1. The largest absolute Gasteiger partial charge is 0.370 e. The van der Waals surface area contributed by atoms with Gasteiger partial charge in [0.25, 0.3) is 0 Å². The Balaban J connectivity index is 1.67. The number of nitrogens with two attached hydrogens (primary N) is 1. The highest BCUT2D eigenvalue weighted by Crippen LogP contribution is 2.46. The average Bonchev–Trinajstić information content (AvgIpc) is 2.77. The van der Waals surface area contributed by atoms with Gasteiger partial charge in [-0.3, -0.25) is 4.99 Å². The van der Waals surface area contributed by atoms with E-state index in [9.17, 15) is 0 Å². The maximum atomic E-state index is 5.82. The zero-order valence-corrected chi connectivity index (χ0v) is 9.87. The van der Waals surface area contributed by atoms with Crippen LogP contribution in [0.3, 0.4) is 0 Å². The zero-order valence-electron chi connectivity index (χ0n) is 9.87. The van der Waals surface area contributed by atoms with Crippen LogP contribution in [-0.4, -0.2) is 18.5 Å². The van der Waals surface area contributed by atoms with E-state index in [1.54, 1.807) is 0 Å². The fourth-order valence-electron chi connectivity index (χ4n) is 2.29. The molecule has 15 heavy (non-hydrogen) atoms. The fourth-order valence-corrected chi connectivity index (χ4v) is 2.29. The molecule has 2 saturated carbocycles. The highest BCUT2D eigenvalue weighted by atomic mass is 15.1. The molecule has 0 aliphatic heterocycles. The Kier molecular flexibility index (Phi) is 3.17. The summed E-state index contributed by atoms with van der Waals surface area (Å²) in [5.74, 6) is 3.12. The van der Waals surface area contributed by atoms with Crippen molar-refractivity contribution >= 4 is 5.96 Å². The Bertz CT molecular complexity index is 243. The van der Waals surface area contributed by atoms with Crippen LogP contribution in [0.4, 0.5) is 0 Å². The minimum Gasteiger partial charge on any atom is -0.370 e. The molecule has 0 aromatic heterocycles. The van der Waals surface area contributed by atoms with Crippen molar-refractivity contribution in [2.24, 2.45) is 28.5 Å². The molecule has 3 N–H and O–H groups in total. The van der Waals surface area contributed by atoms with Crippen LogP contribution >= 0.6 is 0 Å². The topological polar surface area (TPSA) is 50.4 Å². The van der Waals surface area contributed by atoms with Gasteiger partial charge in [-0.05, 0) is 24.2 Å². The molecule has 3 nitrogen and oxygen atoms in total. The highest BCUT2D eigenvalue weighted by molar-refractivity contribution is 5.78. The van der Waals surface area contributed by atoms with Crippen LogP contribution in [-0.2, 0) is 0 Å². The van der Waals surface area contributed by atoms with Crippen LogP contribution in [0.2, 0.25) is 0 Å². The van der Waals surface area contributed by atoms with Gasteiger partial charge < -0.3 is 11.1 Å². The second kappa shape index (κ2) is 4.42. The summed E-state index contributed by atoms with van der Waals surface area (Å²) >= 11 is 0. The minimum atomic E-state index is 0.590. The lowest BCUT2D eigenvalue weighted by atomic mass is 9.81. The van der Waals surface area contributed by atoms with E-state index in [0.717, 1.165) is 18.4 Å². The SMILES string of the molecule is CC(C)CN=C(N)N[C@@H]1C[C@H]1C1CCC1. The van der Waals surface area contributed by atoms with E-state index in [4.69, 9.17) is 5.73 Å². The van der Waals surface area contributed by atoms with E-state index in [1.807, 2.05) is 0 Å². The predicted molar refractivity (Wildman–Crippen MR) is 63.7 cm³/mol. The van der Waals surface area contributed by atoms with Crippen molar-refractivity contribution in [2.45, 2.75) is 45.6 Å². The van der Waals surface area contributed by atoms with Gasteiger partial charge in [-0.15, -0.1) is 0 Å². The third-order valence-electron chi connectivity index (χ3n) is 3.56. The monoisotopic (exact) mass is 209 g/mol. The van der Waals surface area contributed by atoms with Gasteiger partial charge in [0.15, 0.2) is 5.96 Å². The lowest BCUT2D eigenvalue weighted by Gasteiger charge is -2.25. The summed E-state index contributed by atoms with van der Waals surface area (Å²) in [5.41, 5.74) is 5.82. The Hall–Kier alpha value is -0.730. The molecule has 86 valence electrons. The van der Waals surface area contributed by atoms with E-state index >= 15 is 0 Å². The van der Waals surface area contributed by atoms with Crippen LogP contribution in [0.25, 0.3) is 0 Å². The van der Waals surface area contributed by atoms with E-state index < -0.39 is 0 Å². The van der Waals surface area contributed by atoms with Crippen LogP contribution in [0.15, 0.2) is 4.99 Å². The minimum absolute atomic E-state index is 0.590. The molecule has 2 atom stereocenters. The number of nitrogens with zero attached hydrogens (tertiary/aromatic N) is 1. The number of aliphatic imine (C=N–C) groups is 1. The van der Waals surface area contributed by atoms with Gasteiger partial charge >= 0.3 is 0 Å².